The van der Waals surface area contributed by atoms with Crippen molar-refractivity contribution in [3.63, 3.8) is 0 Å². The third-order valence-electron chi connectivity index (χ3n) is 2.67. The van der Waals surface area contributed by atoms with Crippen molar-refractivity contribution in [2.24, 2.45) is 0 Å². The van der Waals surface area contributed by atoms with Gasteiger partial charge in [-0.15, -0.1) is 0 Å². The minimum absolute atomic E-state index is 0.0567. The highest BCUT2D eigenvalue weighted by Crippen LogP contribution is 2.18. The van der Waals surface area contributed by atoms with Crippen LogP contribution >= 0.6 is 11.6 Å². The molecule has 0 saturated heterocycles. The van der Waals surface area contributed by atoms with Crippen LogP contribution in [0.3, 0.4) is 0 Å². The number of anilines is 2. The Morgan fingerprint density at radius 3 is 2.68 bits per heavy atom. The fourth-order valence-corrected chi connectivity index (χ4v) is 2.70. The molecule has 1 amide bonds. The molecule has 0 unspecified atom stereocenters. The van der Waals surface area contributed by atoms with E-state index in [-0.39, 0.29) is 5.82 Å². The van der Waals surface area contributed by atoms with E-state index in [0.29, 0.717) is 16.5 Å². The number of rotatable bonds is 5. The van der Waals surface area contributed by atoms with Crippen LogP contribution in [0.2, 0.25) is 5.02 Å². The summed E-state index contributed by atoms with van der Waals surface area (Å²) in [5.41, 5.74) is 0.474. The molecule has 0 aliphatic rings. The number of benzene rings is 1. The topological polar surface area (TPSA) is 92.5 Å². The highest BCUT2D eigenvalue weighted by molar-refractivity contribution is 7.92. The SMILES string of the molecule is Cc1cc(N(CC(=O)Nc2cccc(Cl)c2)S(C)(=O)=O)no1. The molecule has 0 saturated carbocycles. The number of carbonyl (C=O) groups excluding carboxylic acids is 1. The zero-order valence-corrected chi connectivity index (χ0v) is 13.5. The standard InChI is InChI=1S/C13H14ClN3O4S/c1-9-6-12(16-21-9)17(22(2,19)20)8-13(18)15-11-5-3-4-10(14)7-11/h3-7H,8H2,1-2H3,(H,15,18). The summed E-state index contributed by atoms with van der Waals surface area (Å²) >= 11 is 5.83. The quantitative estimate of drug-likeness (QED) is 0.896. The van der Waals surface area contributed by atoms with Gasteiger partial charge >= 0.3 is 0 Å². The molecule has 2 aromatic rings. The first-order chi connectivity index (χ1) is 10.3. The number of nitrogens with one attached hydrogen (secondary N) is 1. The summed E-state index contributed by atoms with van der Waals surface area (Å²) in [6.07, 6.45) is 0.990. The number of aryl methyl sites for hydroxylation is 1. The molecule has 1 aromatic heterocycles. The summed E-state index contributed by atoms with van der Waals surface area (Å²) in [5, 5.41) is 6.66. The normalized spacial score (nSPS) is 11.2. The van der Waals surface area contributed by atoms with E-state index in [1.807, 2.05) is 0 Å². The molecule has 1 aromatic carbocycles. The Bertz CT molecular complexity index is 788. The maximum Gasteiger partial charge on any atom is 0.245 e. The van der Waals surface area contributed by atoms with Gasteiger partial charge in [-0.1, -0.05) is 22.8 Å². The fraction of sp³-hybridized carbons (Fsp3) is 0.231. The summed E-state index contributed by atoms with van der Waals surface area (Å²) in [4.78, 5) is 12.0. The number of amides is 1. The Kier molecular flexibility index (Phi) is 4.72. The number of carbonyl (C=O) groups is 1. The van der Waals surface area contributed by atoms with Gasteiger partial charge in [0.1, 0.15) is 12.3 Å². The molecule has 0 spiro atoms. The van der Waals surface area contributed by atoms with Crippen molar-refractivity contribution in [3.8, 4) is 0 Å². The molecule has 1 heterocycles. The Hall–Kier alpha value is -2.06. The number of hydrogen-bond acceptors (Lipinski definition) is 5. The first-order valence-corrected chi connectivity index (χ1v) is 8.45. The summed E-state index contributed by atoms with van der Waals surface area (Å²) in [6.45, 7) is 1.21. The van der Waals surface area contributed by atoms with Crippen LogP contribution in [0.1, 0.15) is 5.76 Å². The molecule has 2 rings (SSSR count). The fourth-order valence-electron chi connectivity index (χ4n) is 1.74. The second-order valence-electron chi connectivity index (χ2n) is 4.62. The van der Waals surface area contributed by atoms with Crippen molar-refractivity contribution in [2.75, 3.05) is 22.4 Å². The lowest BCUT2D eigenvalue weighted by molar-refractivity contribution is -0.114. The van der Waals surface area contributed by atoms with Crippen LogP contribution in [0.4, 0.5) is 11.5 Å². The summed E-state index contributed by atoms with van der Waals surface area (Å²) in [6, 6.07) is 7.98. The second kappa shape index (κ2) is 6.37. The minimum atomic E-state index is -3.68. The maximum atomic E-state index is 12.0. The zero-order chi connectivity index (χ0) is 16.3. The third kappa shape index (κ3) is 4.22. The Balaban J connectivity index is 2.16. The zero-order valence-electron chi connectivity index (χ0n) is 11.9. The van der Waals surface area contributed by atoms with Crippen molar-refractivity contribution in [1.82, 2.24) is 5.16 Å². The molecule has 0 fully saturated rings. The second-order valence-corrected chi connectivity index (χ2v) is 6.97. The van der Waals surface area contributed by atoms with Crippen molar-refractivity contribution in [3.05, 3.63) is 41.1 Å². The van der Waals surface area contributed by atoms with Crippen LogP contribution in [-0.4, -0.2) is 32.3 Å². The number of halogens is 1. The lowest BCUT2D eigenvalue weighted by Crippen LogP contribution is -2.37. The summed E-state index contributed by atoms with van der Waals surface area (Å²) in [7, 11) is -3.68. The van der Waals surface area contributed by atoms with Gasteiger partial charge < -0.3 is 9.84 Å². The molecule has 9 heteroatoms. The summed E-state index contributed by atoms with van der Waals surface area (Å²) < 4.78 is 29.4. The Morgan fingerprint density at radius 1 is 1.41 bits per heavy atom. The van der Waals surface area contributed by atoms with Crippen LogP contribution < -0.4 is 9.62 Å². The van der Waals surface area contributed by atoms with E-state index in [4.69, 9.17) is 16.1 Å². The molecular formula is C13H14ClN3O4S. The molecule has 0 bridgehead atoms. The molecule has 0 atom stereocenters. The lowest BCUT2D eigenvalue weighted by Gasteiger charge is -2.18. The van der Waals surface area contributed by atoms with Crippen molar-refractivity contribution in [2.45, 2.75) is 6.92 Å². The van der Waals surface area contributed by atoms with E-state index < -0.39 is 22.5 Å². The van der Waals surface area contributed by atoms with E-state index in [0.717, 1.165) is 10.6 Å². The van der Waals surface area contributed by atoms with Gasteiger partial charge in [-0.05, 0) is 25.1 Å². The van der Waals surface area contributed by atoms with Crippen LogP contribution in [0.25, 0.3) is 0 Å². The molecule has 118 valence electrons. The maximum absolute atomic E-state index is 12.0. The molecule has 0 aliphatic heterocycles. The van der Waals surface area contributed by atoms with Crippen LogP contribution in [0.15, 0.2) is 34.9 Å². The molecule has 0 aliphatic carbocycles. The van der Waals surface area contributed by atoms with Gasteiger partial charge in [0.25, 0.3) is 0 Å². The van der Waals surface area contributed by atoms with E-state index in [9.17, 15) is 13.2 Å². The first-order valence-electron chi connectivity index (χ1n) is 6.22. The molecule has 1 N–H and O–H groups in total. The van der Waals surface area contributed by atoms with Gasteiger partial charge in [-0.2, -0.15) is 0 Å². The van der Waals surface area contributed by atoms with E-state index in [1.54, 1.807) is 31.2 Å². The summed E-state index contributed by atoms with van der Waals surface area (Å²) in [5.74, 6) is -0.0199. The van der Waals surface area contributed by atoms with Crippen molar-refractivity contribution in [1.29, 1.82) is 0 Å². The predicted molar refractivity (Wildman–Crippen MR) is 83.5 cm³/mol. The average Bonchev–Trinajstić information content (AvgIpc) is 2.81. The molecule has 0 radical (unpaired) electrons. The predicted octanol–water partition coefficient (Wildman–Crippen LogP) is 2.04. The van der Waals surface area contributed by atoms with Crippen molar-refractivity contribution < 1.29 is 17.7 Å². The van der Waals surface area contributed by atoms with E-state index in [1.165, 1.54) is 6.07 Å². The minimum Gasteiger partial charge on any atom is -0.360 e. The third-order valence-corrected chi connectivity index (χ3v) is 4.02. The monoisotopic (exact) mass is 343 g/mol. The van der Waals surface area contributed by atoms with Crippen LogP contribution in [0.5, 0.6) is 0 Å². The number of sulfonamides is 1. The van der Waals surface area contributed by atoms with E-state index >= 15 is 0 Å². The van der Waals surface area contributed by atoms with Gasteiger partial charge in [0.15, 0.2) is 5.82 Å². The number of hydrogen-bond donors (Lipinski definition) is 1. The average molecular weight is 344 g/mol. The number of aromatic nitrogens is 1. The van der Waals surface area contributed by atoms with Gasteiger partial charge in [0.2, 0.25) is 15.9 Å². The van der Waals surface area contributed by atoms with Gasteiger partial charge in [0.05, 0.1) is 6.26 Å². The lowest BCUT2D eigenvalue weighted by atomic mass is 10.3. The Labute approximate surface area is 132 Å². The molecular weight excluding hydrogens is 330 g/mol. The van der Waals surface area contributed by atoms with E-state index in [2.05, 4.69) is 10.5 Å². The largest absolute Gasteiger partial charge is 0.360 e. The van der Waals surface area contributed by atoms with Crippen LogP contribution in [0, 0.1) is 6.92 Å². The van der Waals surface area contributed by atoms with Gasteiger partial charge in [0, 0.05) is 16.8 Å². The Morgan fingerprint density at radius 2 is 2.14 bits per heavy atom. The number of nitrogens with zero attached hydrogens (tertiary/aromatic N) is 2. The van der Waals surface area contributed by atoms with Gasteiger partial charge in [-0.3, -0.25) is 4.79 Å². The molecule has 22 heavy (non-hydrogen) atoms. The van der Waals surface area contributed by atoms with Crippen LogP contribution in [-0.2, 0) is 14.8 Å². The van der Waals surface area contributed by atoms with Gasteiger partial charge in [-0.25, -0.2) is 12.7 Å². The molecule has 7 nitrogen and oxygen atoms in total. The highest BCUT2D eigenvalue weighted by atomic mass is 35.5. The highest BCUT2D eigenvalue weighted by Gasteiger charge is 2.23. The smallest absolute Gasteiger partial charge is 0.245 e. The first kappa shape index (κ1) is 16.3. The van der Waals surface area contributed by atoms with Crippen molar-refractivity contribution >= 4 is 39.0 Å².